The molecule has 0 aromatic carbocycles. The zero-order valence-electron chi connectivity index (χ0n) is 13.1. The molecule has 1 heterocycles. The molecule has 4 heteroatoms. The Morgan fingerprint density at radius 2 is 2.11 bits per heavy atom. The molecule has 1 aromatic heterocycles. The first kappa shape index (κ1) is 16.0. The summed E-state index contributed by atoms with van der Waals surface area (Å²) in [6.45, 7) is 13.3. The number of hydrogen-bond acceptors (Lipinski definition) is 3. The first-order valence-corrected chi connectivity index (χ1v) is 7.46. The lowest BCUT2D eigenvalue weighted by Gasteiger charge is -2.22. The highest BCUT2D eigenvalue weighted by Crippen LogP contribution is 2.15. The number of ether oxygens (including phenoxy) is 1. The Balaban J connectivity index is 2.61. The van der Waals surface area contributed by atoms with Crippen molar-refractivity contribution in [3.8, 4) is 0 Å². The topological polar surface area (TPSA) is 39.1 Å². The number of aryl methyl sites for hydroxylation is 2. The van der Waals surface area contributed by atoms with Crippen LogP contribution in [0.25, 0.3) is 0 Å². The zero-order chi connectivity index (χ0) is 14.3. The van der Waals surface area contributed by atoms with Gasteiger partial charge in [-0.25, -0.2) is 4.98 Å². The van der Waals surface area contributed by atoms with Gasteiger partial charge < -0.3 is 14.6 Å². The van der Waals surface area contributed by atoms with Gasteiger partial charge in [-0.2, -0.15) is 0 Å². The number of anilines is 1. The highest BCUT2D eigenvalue weighted by molar-refractivity contribution is 5.30. The third-order valence-corrected chi connectivity index (χ3v) is 3.35. The number of aromatic nitrogens is 2. The van der Waals surface area contributed by atoms with Gasteiger partial charge in [0.1, 0.15) is 0 Å². The number of rotatable bonds is 9. The van der Waals surface area contributed by atoms with E-state index in [0.717, 1.165) is 44.2 Å². The van der Waals surface area contributed by atoms with Crippen LogP contribution in [0.2, 0.25) is 0 Å². The van der Waals surface area contributed by atoms with Crippen molar-refractivity contribution >= 4 is 5.95 Å². The molecule has 0 bridgehead atoms. The average Bonchev–Trinajstić information content (AvgIpc) is 2.71. The lowest BCUT2D eigenvalue weighted by Crippen LogP contribution is -2.26. The third-order valence-electron chi connectivity index (χ3n) is 3.35. The van der Waals surface area contributed by atoms with Crippen LogP contribution < -0.4 is 5.32 Å². The van der Waals surface area contributed by atoms with Crippen LogP contribution in [0.3, 0.4) is 0 Å². The van der Waals surface area contributed by atoms with Gasteiger partial charge in [0, 0.05) is 32.0 Å². The third kappa shape index (κ3) is 5.23. The van der Waals surface area contributed by atoms with Crippen molar-refractivity contribution in [2.45, 2.75) is 60.0 Å². The lowest BCUT2D eigenvalue weighted by atomic mass is 10.0. The molecule has 4 nitrogen and oxygen atoms in total. The van der Waals surface area contributed by atoms with Crippen LogP contribution in [0.1, 0.15) is 46.2 Å². The molecule has 110 valence electrons. The molecule has 1 unspecified atom stereocenters. The van der Waals surface area contributed by atoms with Crippen LogP contribution in [0, 0.1) is 12.8 Å². The molecule has 1 N–H and O–H groups in total. The summed E-state index contributed by atoms with van der Waals surface area (Å²) in [5.74, 6) is 1.61. The summed E-state index contributed by atoms with van der Waals surface area (Å²) >= 11 is 0. The number of nitrogens with zero attached hydrogens (tertiary/aromatic N) is 2. The second kappa shape index (κ2) is 8.20. The maximum Gasteiger partial charge on any atom is 0.203 e. The van der Waals surface area contributed by atoms with E-state index in [1.807, 2.05) is 13.8 Å². The quantitative estimate of drug-likeness (QED) is 0.696. The molecule has 0 radical (unpaired) electrons. The fraction of sp³-hybridized carbons (Fsp3) is 0.800. The van der Waals surface area contributed by atoms with Crippen LogP contribution in [0.15, 0.2) is 6.20 Å². The molecule has 0 aliphatic rings. The Labute approximate surface area is 117 Å². The molecular formula is C15H29N3O. The minimum absolute atomic E-state index is 0.479. The Hall–Kier alpha value is -1.03. The minimum Gasteiger partial charge on any atom is -0.382 e. The molecule has 0 aliphatic heterocycles. The van der Waals surface area contributed by atoms with Gasteiger partial charge in [0.2, 0.25) is 5.95 Å². The Bertz CT molecular complexity index is 360. The Kier molecular flexibility index (Phi) is 6.92. The van der Waals surface area contributed by atoms with Gasteiger partial charge in [-0.15, -0.1) is 0 Å². The van der Waals surface area contributed by atoms with E-state index >= 15 is 0 Å². The predicted molar refractivity (Wildman–Crippen MR) is 80.6 cm³/mol. The monoisotopic (exact) mass is 267 g/mol. The highest BCUT2D eigenvalue weighted by Gasteiger charge is 2.14. The van der Waals surface area contributed by atoms with Crippen molar-refractivity contribution < 1.29 is 4.74 Å². The molecule has 0 saturated heterocycles. The van der Waals surface area contributed by atoms with E-state index in [4.69, 9.17) is 4.74 Å². The van der Waals surface area contributed by atoms with E-state index in [1.54, 1.807) is 0 Å². The van der Waals surface area contributed by atoms with Crippen molar-refractivity contribution in [1.82, 2.24) is 9.55 Å². The summed E-state index contributed by atoms with van der Waals surface area (Å²) in [6.07, 6.45) is 4.25. The van der Waals surface area contributed by atoms with E-state index in [9.17, 15) is 0 Å². The largest absolute Gasteiger partial charge is 0.382 e. The van der Waals surface area contributed by atoms with E-state index in [-0.39, 0.29) is 0 Å². The fourth-order valence-corrected chi connectivity index (χ4v) is 2.22. The highest BCUT2D eigenvalue weighted by atomic mass is 16.5. The number of hydrogen-bond donors (Lipinski definition) is 1. The molecule has 19 heavy (non-hydrogen) atoms. The molecule has 1 rings (SSSR count). The van der Waals surface area contributed by atoms with Crippen molar-refractivity contribution in [2.75, 3.05) is 18.5 Å². The van der Waals surface area contributed by atoms with Gasteiger partial charge in [-0.05, 0) is 32.6 Å². The molecule has 1 aromatic rings. The second-order valence-electron chi connectivity index (χ2n) is 5.35. The smallest absolute Gasteiger partial charge is 0.203 e. The van der Waals surface area contributed by atoms with E-state index in [1.165, 1.54) is 0 Å². The number of imidazole rings is 1. The Morgan fingerprint density at radius 3 is 2.68 bits per heavy atom. The van der Waals surface area contributed by atoms with E-state index < -0.39 is 0 Å². The predicted octanol–water partition coefficient (Wildman–Crippen LogP) is 3.46. The molecule has 1 atom stereocenters. The van der Waals surface area contributed by atoms with Crippen LogP contribution >= 0.6 is 0 Å². The van der Waals surface area contributed by atoms with Crippen molar-refractivity contribution in [3.05, 3.63) is 11.9 Å². The zero-order valence-corrected chi connectivity index (χ0v) is 13.1. The van der Waals surface area contributed by atoms with Gasteiger partial charge in [0.05, 0.1) is 5.69 Å². The SMILES string of the molecule is CCOCCCn1cc(C)nc1NC(CC)C(C)C. The second-order valence-corrected chi connectivity index (χ2v) is 5.35. The summed E-state index contributed by atoms with van der Waals surface area (Å²) in [6, 6.07) is 0.479. The summed E-state index contributed by atoms with van der Waals surface area (Å²) in [4.78, 5) is 4.59. The lowest BCUT2D eigenvalue weighted by molar-refractivity contribution is 0.142. The van der Waals surface area contributed by atoms with Gasteiger partial charge in [0.15, 0.2) is 0 Å². The van der Waals surface area contributed by atoms with Crippen molar-refractivity contribution in [1.29, 1.82) is 0 Å². The summed E-state index contributed by atoms with van der Waals surface area (Å²) in [5, 5.41) is 3.57. The van der Waals surface area contributed by atoms with Crippen LogP contribution in [-0.2, 0) is 11.3 Å². The normalized spacial score (nSPS) is 12.9. The average molecular weight is 267 g/mol. The van der Waals surface area contributed by atoms with Gasteiger partial charge in [0.25, 0.3) is 0 Å². The summed E-state index contributed by atoms with van der Waals surface area (Å²) in [5.41, 5.74) is 1.07. The van der Waals surface area contributed by atoms with Gasteiger partial charge >= 0.3 is 0 Å². The van der Waals surface area contributed by atoms with Crippen LogP contribution in [-0.4, -0.2) is 28.8 Å². The van der Waals surface area contributed by atoms with Gasteiger partial charge in [-0.1, -0.05) is 20.8 Å². The van der Waals surface area contributed by atoms with E-state index in [0.29, 0.717) is 12.0 Å². The molecule has 0 aliphatic carbocycles. The molecule has 0 spiro atoms. The molecule has 0 saturated carbocycles. The van der Waals surface area contributed by atoms with Crippen LogP contribution in [0.5, 0.6) is 0 Å². The van der Waals surface area contributed by atoms with Gasteiger partial charge in [-0.3, -0.25) is 0 Å². The van der Waals surface area contributed by atoms with Crippen molar-refractivity contribution in [2.24, 2.45) is 5.92 Å². The maximum atomic E-state index is 5.39. The minimum atomic E-state index is 0.479. The number of nitrogens with one attached hydrogen (secondary N) is 1. The van der Waals surface area contributed by atoms with Crippen molar-refractivity contribution in [3.63, 3.8) is 0 Å². The standard InChI is InChI=1S/C15H29N3O/c1-6-14(12(3)4)17-15-16-13(5)11-18(15)9-8-10-19-7-2/h11-12,14H,6-10H2,1-5H3,(H,16,17). The molecule has 0 fully saturated rings. The molecular weight excluding hydrogens is 238 g/mol. The summed E-state index contributed by atoms with van der Waals surface area (Å²) in [7, 11) is 0. The fourth-order valence-electron chi connectivity index (χ4n) is 2.22. The molecule has 0 amide bonds. The van der Waals surface area contributed by atoms with E-state index in [2.05, 4.69) is 41.8 Å². The first-order chi connectivity index (χ1) is 9.08. The Morgan fingerprint density at radius 1 is 1.37 bits per heavy atom. The first-order valence-electron chi connectivity index (χ1n) is 7.46. The summed E-state index contributed by atoms with van der Waals surface area (Å²) < 4.78 is 7.60. The maximum absolute atomic E-state index is 5.39. The van der Waals surface area contributed by atoms with Crippen LogP contribution in [0.4, 0.5) is 5.95 Å².